The number of alkyl halides is 1. The molecule has 10 heteroatoms. The molecular formula is C19H29ClN6O3. The first-order valence-electron chi connectivity index (χ1n) is 9.29. The topological polar surface area (TPSA) is 166 Å². The van der Waals surface area contributed by atoms with Crippen molar-refractivity contribution in [2.24, 2.45) is 22.2 Å². The summed E-state index contributed by atoms with van der Waals surface area (Å²) in [7, 11) is 0. The van der Waals surface area contributed by atoms with Crippen molar-refractivity contribution in [1.29, 1.82) is 0 Å². The van der Waals surface area contributed by atoms with E-state index in [1.165, 1.54) is 6.92 Å². The number of rotatable bonds is 12. The SMILES string of the molecule is C[C@H](NC(=O)[C@@H](N)Cc1ccccc1)C(=O)NC(CCCN=C(N)N)C(=O)CCl. The maximum Gasteiger partial charge on any atom is 0.242 e. The maximum absolute atomic E-state index is 12.4. The van der Waals surface area contributed by atoms with Crippen LogP contribution in [-0.2, 0) is 20.8 Å². The molecule has 0 aliphatic carbocycles. The average molecular weight is 425 g/mol. The van der Waals surface area contributed by atoms with Crippen LogP contribution in [0.5, 0.6) is 0 Å². The highest BCUT2D eigenvalue weighted by Gasteiger charge is 2.25. The van der Waals surface area contributed by atoms with Crippen molar-refractivity contribution < 1.29 is 14.4 Å². The Morgan fingerprint density at radius 1 is 1.10 bits per heavy atom. The summed E-state index contributed by atoms with van der Waals surface area (Å²) in [5.74, 6) is -1.57. The average Bonchev–Trinajstić information content (AvgIpc) is 2.69. The smallest absolute Gasteiger partial charge is 0.242 e. The molecule has 1 aromatic carbocycles. The zero-order valence-electron chi connectivity index (χ0n) is 16.4. The molecule has 1 unspecified atom stereocenters. The first kappa shape index (κ1) is 24.4. The summed E-state index contributed by atoms with van der Waals surface area (Å²) in [6.07, 6.45) is 1.15. The summed E-state index contributed by atoms with van der Waals surface area (Å²) in [6, 6.07) is 6.88. The number of carbonyl (C=O) groups excluding carboxylic acids is 3. The lowest BCUT2D eigenvalue weighted by Gasteiger charge is -2.21. The first-order chi connectivity index (χ1) is 13.7. The summed E-state index contributed by atoms with van der Waals surface area (Å²) in [4.78, 5) is 40.5. The van der Waals surface area contributed by atoms with Crippen LogP contribution in [0.3, 0.4) is 0 Å². The van der Waals surface area contributed by atoms with Gasteiger partial charge in [0, 0.05) is 6.54 Å². The molecular weight excluding hydrogens is 396 g/mol. The van der Waals surface area contributed by atoms with Crippen LogP contribution in [0.4, 0.5) is 0 Å². The Kier molecular flexibility index (Phi) is 10.7. The summed E-state index contributed by atoms with van der Waals surface area (Å²) >= 11 is 5.62. The van der Waals surface area contributed by atoms with Crippen molar-refractivity contribution in [3.05, 3.63) is 35.9 Å². The van der Waals surface area contributed by atoms with E-state index in [-0.39, 0.29) is 17.6 Å². The second-order valence-electron chi connectivity index (χ2n) is 6.64. The monoisotopic (exact) mass is 424 g/mol. The molecule has 0 aromatic heterocycles. The number of halogens is 1. The van der Waals surface area contributed by atoms with E-state index in [1.54, 1.807) is 0 Å². The number of nitrogens with one attached hydrogen (secondary N) is 2. The highest BCUT2D eigenvalue weighted by atomic mass is 35.5. The highest BCUT2D eigenvalue weighted by molar-refractivity contribution is 6.28. The maximum atomic E-state index is 12.4. The third-order valence-corrected chi connectivity index (χ3v) is 4.43. The number of nitrogens with two attached hydrogens (primary N) is 3. The number of guanidine groups is 1. The van der Waals surface area contributed by atoms with Gasteiger partial charge in [-0.2, -0.15) is 0 Å². The largest absolute Gasteiger partial charge is 0.370 e. The lowest BCUT2D eigenvalue weighted by molar-refractivity contribution is -0.131. The third kappa shape index (κ3) is 9.40. The molecule has 2 amide bonds. The number of amides is 2. The van der Waals surface area contributed by atoms with Gasteiger partial charge in [-0.15, -0.1) is 11.6 Å². The lowest BCUT2D eigenvalue weighted by Crippen LogP contribution is -2.53. The van der Waals surface area contributed by atoms with E-state index < -0.39 is 29.9 Å². The zero-order chi connectivity index (χ0) is 21.8. The molecule has 8 N–H and O–H groups in total. The fourth-order valence-corrected chi connectivity index (χ4v) is 2.74. The quantitative estimate of drug-likeness (QED) is 0.130. The third-order valence-electron chi connectivity index (χ3n) is 4.17. The van der Waals surface area contributed by atoms with Crippen LogP contribution in [-0.4, -0.2) is 54.1 Å². The predicted molar refractivity (Wildman–Crippen MR) is 113 cm³/mol. The Bertz CT molecular complexity index is 709. The van der Waals surface area contributed by atoms with Crippen LogP contribution in [0.2, 0.25) is 0 Å². The standard InChI is InChI=1S/C19H29ClN6O3/c1-12(25-18(29)14(21)10-13-6-3-2-4-7-13)17(28)26-15(16(27)11-20)8-5-9-24-19(22)23/h2-4,6-7,12,14-15H,5,8-11,21H2,1H3,(H,25,29)(H,26,28)(H4,22,23,24)/t12-,14-,15?/m0/s1. The highest BCUT2D eigenvalue weighted by Crippen LogP contribution is 2.04. The molecule has 0 bridgehead atoms. The van der Waals surface area contributed by atoms with Gasteiger partial charge in [0.05, 0.1) is 18.0 Å². The van der Waals surface area contributed by atoms with E-state index in [0.29, 0.717) is 25.8 Å². The van der Waals surface area contributed by atoms with Gasteiger partial charge >= 0.3 is 0 Å². The van der Waals surface area contributed by atoms with Crippen molar-refractivity contribution in [2.45, 2.75) is 44.3 Å². The number of carbonyl (C=O) groups is 3. The first-order valence-corrected chi connectivity index (χ1v) is 9.82. The number of hydrogen-bond acceptors (Lipinski definition) is 5. The molecule has 160 valence electrons. The summed E-state index contributed by atoms with van der Waals surface area (Å²) in [5.41, 5.74) is 17.4. The predicted octanol–water partition coefficient (Wildman–Crippen LogP) is -0.593. The Hall–Kier alpha value is -2.65. The van der Waals surface area contributed by atoms with E-state index in [1.807, 2.05) is 30.3 Å². The van der Waals surface area contributed by atoms with E-state index >= 15 is 0 Å². The van der Waals surface area contributed by atoms with Crippen molar-refractivity contribution in [3.8, 4) is 0 Å². The number of hydrogen-bond donors (Lipinski definition) is 5. The Morgan fingerprint density at radius 3 is 2.34 bits per heavy atom. The van der Waals surface area contributed by atoms with E-state index in [2.05, 4.69) is 15.6 Å². The fourth-order valence-electron chi connectivity index (χ4n) is 2.55. The number of Topliss-reactive ketones (excluding diaryl/α,β-unsaturated/α-hetero) is 1. The second-order valence-corrected chi connectivity index (χ2v) is 6.90. The molecule has 1 rings (SSSR count). The van der Waals surface area contributed by atoms with E-state index in [9.17, 15) is 14.4 Å². The Morgan fingerprint density at radius 2 is 1.76 bits per heavy atom. The summed E-state index contributed by atoms with van der Waals surface area (Å²) < 4.78 is 0. The second kappa shape index (κ2) is 12.7. The molecule has 0 saturated heterocycles. The number of benzene rings is 1. The molecule has 0 radical (unpaired) electrons. The molecule has 0 aliphatic heterocycles. The van der Waals surface area contributed by atoms with Crippen LogP contribution in [0.1, 0.15) is 25.3 Å². The minimum atomic E-state index is -0.868. The fraction of sp³-hybridized carbons (Fsp3) is 0.474. The van der Waals surface area contributed by atoms with Crippen LogP contribution < -0.4 is 27.8 Å². The van der Waals surface area contributed by atoms with Crippen LogP contribution in [0, 0.1) is 0 Å². The Balaban J connectivity index is 2.56. The molecule has 0 spiro atoms. The molecule has 29 heavy (non-hydrogen) atoms. The van der Waals surface area contributed by atoms with Crippen molar-refractivity contribution in [1.82, 2.24) is 10.6 Å². The molecule has 0 saturated carbocycles. The summed E-state index contributed by atoms with van der Waals surface area (Å²) in [6.45, 7) is 1.84. The van der Waals surface area contributed by atoms with Gasteiger partial charge in [-0.3, -0.25) is 19.4 Å². The minimum Gasteiger partial charge on any atom is -0.370 e. The number of aliphatic imine (C=N–C) groups is 1. The van der Waals surface area contributed by atoms with Gasteiger partial charge in [-0.05, 0) is 31.7 Å². The Labute approximate surface area is 175 Å². The number of nitrogens with zero attached hydrogens (tertiary/aromatic N) is 1. The van der Waals surface area contributed by atoms with Crippen molar-refractivity contribution in [2.75, 3.05) is 12.4 Å². The van der Waals surface area contributed by atoms with Gasteiger partial charge in [-0.25, -0.2) is 0 Å². The van der Waals surface area contributed by atoms with Crippen LogP contribution in [0.15, 0.2) is 35.3 Å². The normalized spacial score (nSPS) is 13.6. The van der Waals surface area contributed by atoms with Gasteiger partial charge < -0.3 is 27.8 Å². The van der Waals surface area contributed by atoms with Gasteiger partial charge in [0.15, 0.2) is 11.7 Å². The number of ketones is 1. The van der Waals surface area contributed by atoms with Crippen LogP contribution >= 0.6 is 11.6 Å². The molecule has 1 aromatic rings. The zero-order valence-corrected chi connectivity index (χ0v) is 17.2. The van der Waals surface area contributed by atoms with E-state index in [4.69, 9.17) is 28.8 Å². The lowest BCUT2D eigenvalue weighted by atomic mass is 10.1. The van der Waals surface area contributed by atoms with Crippen molar-refractivity contribution >= 4 is 35.2 Å². The van der Waals surface area contributed by atoms with Gasteiger partial charge in [0.25, 0.3) is 0 Å². The van der Waals surface area contributed by atoms with Crippen molar-refractivity contribution in [3.63, 3.8) is 0 Å². The minimum absolute atomic E-state index is 0.0440. The molecule has 9 nitrogen and oxygen atoms in total. The molecule has 0 heterocycles. The van der Waals surface area contributed by atoms with E-state index in [0.717, 1.165) is 5.56 Å². The molecule has 0 aliphatic rings. The van der Waals surface area contributed by atoms with Gasteiger partial charge in [0.1, 0.15) is 6.04 Å². The molecule has 0 fully saturated rings. The van der Waals surface area contributed by atoms with Crippen LogP contribution in [0.25, 0.3) is 0 Å². The van der Waals surface area contributed by atoms with Gasteiger partial charge in [0.2, 0.25) is 11.8 Å². The molecule has 3 atom stereocenters. The summed E-state index contributed by atoms with van der Waals surface area (Å²) in [5, 5.41) is 5.18. The van der Waals surface area contributed by atoms with Gasteiger partial charge in [-0.1, -0.05) is 30.3 Å².